The molecule has 0 radical (unpaired) electrons. The van der Waals surface area contributed by atoms with Gasteiger partial charge in [-0.25, -0.2) is 0 Å². The van der Waals surface area contributed by atoms with Crippen LogP contribution in [-0.2, 0) is 4.74 Å². The molecule has 3 nitrogen and oxygen atoms in total. The largest absolute Gasteiger partial charge is 0.467 e. The molecule has 1 aliphatic rings. The van der Waals surface area contributed by atoms with Gasteiger partial charge in [0.25, 0.3) is 0 Å². The standard InChI is InChI=1S/C13H21NO2/c1-3-14-12(11-5-4-7-15-9-11)13-10(2)6-8-16-13/h6,8,11-12,14H,3-5,7,9H2,1-2H3. The predicted molar refractivity (Wildman–Crippen MR) is 63.4 cm³/mol. The van der Waals surface area contributed by atoms with Crippen LogP contribution in [0, 0.1) is 12.8 Å². The molecular weight excluding hydrogens is 202 g/mol. The summed E-state index contributed by atoms with van der Waals surface area (Å²) in [7, 11) is 0. The van der Waals surface area contributed by atoms with Crippen molar-refractivity contribution in [1.29, 1.82) is 0 Å². The van der Waals surface area contributed by atoms with Crippen LogP contribution >= 0.6 is 0 Å². The summed E-state index contributed by atoms with van der Waals surface area (Å²) in [6.45, 7) is 6.95. The van der Waals surface area contributed by atoms with E-state index in [0.717, 1.165) is 31.9 Å². The van der Waals surface area contributed by atoms with Crippen LogP contribution in [0.4, 0.5) is 0 Å². The Morgan fingerprint density at radius 1 is 1.56 bits per heavy atom. The van der Waals surface area contributed by atoms with Crippen LogP contribution in [0.1, 0.15) is 37.1 Å². The normalized spacial score (nSPS) is 23.2. The summed E-state index contributed by atoms with van der Waals surface area (Å²) in [5.74, 6) is 1.62. The van der Waals surface area contributed by atoms with Crippen LogP contribution in [0.3, 0.4) is 0 Å². The van der Waals surface area contributed by atoms with Gasteiger partial charge in [0.15, 0.2) is 0 Å². The Kier molecular flexibility index (Phi) is 4.02. The topological polar surface area (TPSA) is 34.4 Å². The van der Waals surface area contributed by atoms with Gasteiger partial charge in [-0.2, -0.15) is 0 Å². The van der Waals surface area contributed by atoms with Crippen molar-refractivity contribution in [3.8, 4) is 0 Å². The van der Waals surface area contributed by atoms with E-state index in [9.17, 15) is 0 Å². The van der Waals surface area contributed by atoms with Crippen molar-refractivity contribution < 1.29 is 9.15 Å². The Morgan fingerprint density at radius 3 is 3.00 bits per heavy atom. The number of furan rings is 1. The van der Waals surface area contributed by atoms with Crippen LogP contribution in [0.2, 0.25) is 0 Å². The summed E-state index contributed by atoms with van der Waals surface area (Å²) >= 11 is 0. The molecule has 2 atom stereocenters. The van der Waals surface area contributed by atoms with Gasteiger partial charge in [-0.05, 0) is 37.9 Å². The second-order valence-electron chi connectivity index (χ2n) is 4.48. The number of hydrogen-bond acceptors (Lipinski definition) is 3. The third kappa shape index (κ3) is 2.47. The molecule has 0 saturated carbocycles. The van der Waals surface area contributed by atoms with Gasteiger partial charge in [0.05, 0.1) is 18.9 Å². The van der Waals surface area contributed by atoms with Gasteiger partial charge in [0.1, 0.15) is 5.76 Å². The zero-order valence-electron chi connectivity index (χ0n) is 10.2. The summed E-state index contributed by atoms with van der Waals surface area (Å²) in [4.78, 5) is 0. The number of hydrogen-bond donors (Lipinski definition) is 1. The molecule has 0 spiro atoms. The molecule has 0 aromatic carbocycles. The molecule has 2 unspecified atom stereocenters. The highest BCUT2D eigenvalue weighted by atomic mass is 16.5. The Labute approximate surface area is 97.2 Å². The summed E-state index contributed by atoms with van der Waals surface area (Å²) in [5.41, 5.74) is 1.23. The highest BCUT2D eigenvalue weighted by molar-refractivity contribution is 5.19. The fraction of sp³-hybridized carbons (Fsp3) is 0.692. The Balaban J connectivity index is 2.12. The van der Waals surface area contributed by atoms with Crippen molar-refractivity contribution >= 4 is 0 Å². The molecule has 1 aliphatic heterocycles. The molecule has 90 valence electrons. The molecule has 3 heteroatoms. The van der Waals surface area contributed by atoms with E-state index >= 15 is 0 Å². The van der Waals surface area contributed by atoms with Crippen LogP contribution in [0.15, 0.2) is 16.7 Å². The molecular formula is C13H21NO2. The van der Waals surface area contributed by atoms with Crippen LogP contribution in [-0.4, -0.2) is 19.8 Å². The zero-order valence-corrected chi connectivity index (χ0v) is 10.2. The van der Waals surface area contributed by atoms with Crippen molar-refractivity contribution in [2.45, 2.75) is 32.7 Å². The summed E-state index contributed by atoms with van der Waals surface area (Å²) < 4.78 is 11.2. The van der Waals surface area contributed by atoms with Gasteiger partial charge < -0.3 is 14.5 Å². The Morgan fingerprint density at radius 2 is 2.44 bits per heavy atom. The van der Waals surface area contributed by atoms with E-state index in [2.05, 4.69) is 19.2 Å². The van der Waals surface area contributed by atoms with Gasteiger partial charge in [-0.3, -0.25) is 0 Å². The average Bonchev–Trinajstić information content (AvgIpc) is 2.73. The number of nitrogens with one attached hydrogen (secondary N) is 1. The van der Waals surface area contributed by atoms with Crippen molar-refractivity contribution in [2.24, 2.45) is 5.92 Å². The van der Waals surface area contributed by atoms with Gasteiger partial charge >= 0.3 is 0 Å². The monoisotopic (exact) mass is 223 g/mol. The fourth-order valence-electron chi connectivity index (χ4n) is 2.42. The Hall–Kier alpha value is -0.800. The molecule has 0 aliphatic carbocycles. The van der Waals surface area contributed by atoms with E-state index < -0.39 is 0 Å². The molecule has 2 rings (SSSR count). The number of rotatable bonds is 4. The van der Waals surface area contributed by atoms with Gasteiger partial charge in [-0.15, -0.1) is 0 Å². The van der Waals surface area contributed by atoms with Crippen molar-refractivity contribution in [3.05, 3.63) is 23.7 Å². The summed E-state index contributed by atoms with van der Waals surface area (Å²) in [6.07, 6.45) is 4.16. The lowest BCUT2D eigenvalue weighted by molar-refractivity contribution is 0.0357. The predicted octanol–water partition coefficient (Wildman–Crippen LogP) is 2.67. The lowest BCUT2D eigenvalue weighted by Crippen LogP contribution is -2.33. The third-order valence-electron chi connectivity index (χ3n) is 3.28. The zero-order chi connectivity index (χ0) is 11.4. The second kappa shape index (κ2) is 5.51. The first-order chi connectivity index (χ1) is 7.83. The minimum Gasteiger partial charge on any atom is -0.467 e. The maximum atomic E-state index is 5.61. The third-order valence-corrected chi connectivity index (χ3v) is 3.28. The molecule has 1 aromatic rings. The van der Waals surface area contributed by atoms with Crippen molar-refractivity contribution in [3.63, 3.8) is 0 Å². The van der Waals surface area contributed by atoms with Gasteiger partial charge in [0.2, 0.25) is 0 Å². The molecule has 0 bridgehead atoms. The van der Waals surface area contributed by atoms with Gasteiger partial charge in [0, 0.05) is 12.5 Å². The van der Waals surface area contributed by atoms with Crippen LogP contribution < -0.4 is 5.32 Å². The maximum Gasteiger partial charge on any atom is 0.123 e. The van der Waals surface area contributed by atoms with Crippen molar-refractivity contribution in [2.75, 3.05) is 19.8 Å². The van der Waals surface area contributed by atoms with E-state index in [1.54, 1.807) is 6.26 Å². The quantitative estimate of drug-likeness (QED) is 0.852. The number of ether oxygens (including phenoxy) is 1. The van der Waals surface area contributed by atoms with Crippen LogP contribution in [0.5, 0.6) is 0 Å². The highest BCUT2D eigenvalue weighted by Crippen LogP contribution is 2.30. The van der Waals surface area contributed by atoms with E-state index in [1.165, 1.54) is 12.0 Å². The van der Waals surface area contributed by atoms with E-state index in [0.29, 0.717) is 12.0 Å². The lowest BCUT2D eigenvalue weighted by atomic mass is 9.91. The Bertz CT molecular complexity index is 315. The smallest absolute Gasteiger partial charge is 0.123 e. The number of aryl methyl sites for hydroxylation is 1. The molecule has 1 fully saturated rings. The molecule has 16 heavy (non-hydrogen) atoms. The summed E-state index contributed by atoms with van der Waals surface area (Å²) in [5, 5.41) is 3.52. The van der Waals surface area contributed by atoms with E-state index in [4.69, 9.17) is 9.15 Å². The minimum absolute atomic E-state index is 0.306. The average molecular weight is 223 g/mol. The molecule has 2 heterocycles. The first kappa shape index (κ1) is 11.7. The van der Waals surface area contributed by atoms with E-state index in [-0.39, 0.29) is 0 Å². The summed E-state index contributed by atoms with van der Waals surface area (Å²) in [6, 6.07) is 2.34. The second-order valence-corrected chi connectivity index (χ2v) is 4.48. The van der Waals surface area contributed by atoms with E-state index in [1.807, 2.05) is 6.07 Å². The molecule has 0 amide bonds. The first-order valence-electron chi connectivity index (χ1n) is 6.18. The first-order valence-corrected chi connectivity index (χ1v) is 6.18. The minimum atomic E-state index is 0.306. The maximum absolute atomic E-state index is 5.61. The molecule has 1 saturated heterocycles. The molecule has 1 N–H and O–H groups in total. The SMILES string of the molecule is CCNC(c1occc1C)C1CCCOC1. The van der Waals surface area contributed by atoms with Gasteiger partial charge in [-0.1, -0.05) is 6.92 Å². The van der Waals surface area contributed by atoms with Crippen LogP contribution in [0.25, 0.3) is 0 Å². The highest BCUT2D eigenvalue weighted by Gasteiger charge is 2.28. The fourth-order valence-corrected chi connectivity index (χ4v) is 2.42. The van der Waals surface area contributed by atoms with Crippen molar-refractivity contribution in [1.82, 2.24) is 5.32 Å². The molecule has 1 aromatic heterocycles. The lowest BCUT2D eigenvalue weighted by Gasteiger charge is -2.30.